The van der Waals surface area contributed by atoms with Gasteiger partial charge >= 0.3 is 0 Å². The third-order valence-electron chi connectivity index (χ3n) is 4.27. The van der Waals surface area contributed by atoms with Crippen LogP contribution in [0.4, 0.5) is 0 Å². The first kappa shape index (κ1) is 10.3. The molecule has 2 atom stereocenters. The zero-order valence-electron chi connectivity index (χ0n) is 9.52. The van der Waals surface area contributed by atoms with Gasteiger partial charge in [-0.05, 0) is 42.2 Å². The summed E-state index contributed by atoms with van der Waals surface area (Å²) in [5, 5.41) is 9.40. The van der Waals surface area contributed by atoms with Gasteiger partial charge < -0.3 is 10.8 Å². The molecule has 0 heterocycles. The third-order valence-corrected chi connectivity index (χ3v) is 4.27. The van der Waals surface area contributed by atoms with Crippen molar-refractivity contribution in [2.45, 2.75) is 31.1 Å². The van der Waals surface area contributed by atoms with Gasteiger partial charge in [-0.25, -0.2) is 0 Å². The molecule has 2 unspecified atom stereocenters. The van der Waals surface area contributed by atoms with Crippen LogP contribution in [0.3, 0.4) is 0 Å². The molecule has 1 aromatic carbocycles. The molecule has 0 saturated heterocycles. The van der Waals surface area contributed by atoms with Crippen molar-refractivity contribution in [2.24, 2.45) is 11.1 Å². The maximum Gasteiger partial charge on any atom is 0.0505 e. The number of aliphatic hydroxyl groups excluding tert-OH is 1. The summed E-state index contributed by atoms with van der Waals surface area (Å²) >= 11 is 0. The van der Waals surface area contributed by atoms with Gasteiger partial charge in [-0.15, -0.1) is 0 Å². The van der Waals surface area contributed by atoms with Crippen molar-refractivity contribution in [3.05, 3.63) is 35.4 Å². The second kappa shape index (κ2) is 3.57. The summed E-state index contributed by atoms with van der Waals surface area (Å²) in [7, 11) is 0. The molecule has 2 heteroatoms. The minimum atomic E-state index is -0.0117. The fourth-order valence-corrected chi connectivity index (χ4v) is 2.73. The van der Waals surface area contributed by atoms with Gasteiger partial charge in [0.1, 0.15) is 0 Å². The molecule has 0 spiro atoms. The van der Waals surface area contributed by atoms with Gasteiger partial charge in [0.2, 0.25) is 0 Å². The van der Waals surface area contributed by atoms with Crippen LogP contribution in [-0.2, 0) is 0 Å². The third kappa shape index (κ3) is 1.57. The molecule has 2 fully saturated rings. The predicted octanol–water partition coefficient (Wildman–Crippen LogP) is 1.99. The fourth-order valence-electron chi connectivity index (χ4n) is 2.73. The van der Waals surface area contributed by atoms with Crippen molar-refractivity contribution in [3.63, 3.8) is 0 Å². The van der Waals surface area contributed by atoms with Crippen LogP contribution < -0.4 is 5.73 Å². The van der Waals surface area contributed by atoms with E-state index in [1.165, 1.54) is 24.0 Å². The summed E-state index contributed by atoms with van der Waals surface area (Å²) in [6.07, 6.45) is 3.74. The van der Waals surface area contributed by atoms with Crippen molar-refractivity contribution in [2.75, 3.05) is 13.2 Å². The topological polar surface area (TPSA) is 46.2 Å². The van der Waals surface area contributed by atoms with E-state index in [9.17, 15) is 5.11 Å². The zero-order chi connectivity index (χ0) is 11.2. The monoisotopic (exact) mass is 217 g/mol. The van der Waals surface area contributed by atoms with Crippen LogP contribution in [0.25, 0.3) is 0 Å². The molecule has 3 rings (SSSR count). The van der Waals surface area contributed by atoms with E-state index in [4.69, 9.17) is 5.73 Å². The average Bonchev–Trinajstić information content (AvgIpc) is 3.22. The lowest BCUT2D eigenvalue weighted by Gasteiger charge is -2.11. The summed E-state index contributed by atoms with van der Waals surface area (Å²) in [5.74, 6) is 1.29. The smallest absolute Gasteiger partial charge is 0.0505 e. The molecule has 1 aromatic rings. The first-order valence-electron chi connectivity index (χ1n) is 6.20. The summed E-state index contributed by atoms with van der Waals surface area (Å²) in [4.78, 5) is 0. The predicted molar refractivity (Wildman–Crippen MR) is 64.3 cm³/mol. The molecule has 2 saturated carbocycles. The highest BCUT2D eigenvalue weighted by atomic mass is 16.3. The summed E-state index contributed by atoms with van der Waals surface area (Å²) < 4.78 is 0. The number of hydrogen-bond donors (Lipinski definition) is 2. The number of rotatable bonds is 4. The van der Waals surface area contributed by atoms with Gasteiger partial charge in [0.25, 0.3) is 0 Å². The Morgan fingerprint density at radius 2 is 2.06 bits per heavy atom. The van der Waals surface area contributed by atoms with Crippen LogP contribution in [0.5, 0.6) is 0 Å². The fraction of sp³-hybridized carbons (Fsp3) is 0.571. The van der Waals surface area contributed by atoms with Gasteiger partial charge in [-0.3, -0.25) is 0 Å². The minimum Gasteiger partial charge on any atom is -0.396 e. The second-order valence-corrected chi connectivity index (χ2v) is 5.43. The summed E-state index contributed by atoms with van der Waals surface area (Å²) in [5.41, 5.74) is 8.60. The molecule has 3 N–H and O–H groups in total. The highest BCUT2D eigenvalue weighted by Gasteiger charge is 2.53. The van der Waals surface area contributed by atoms with Crippen LogP contribution in [0.1, 0.15) is 42.2 Å². The molecule has 0 radical (unpaired) electrons. The lowest BCUT2D eigenvalue weighted by atomic mass is 9.97. The van der Waals surface area contributed by atoms with Crippen LogP contribution in [0, 0.1) is 5.41 Å². The Bertz CT molecular complexity index is 393. The van der Waals surface area contributed by atoms with E-state index in [1.807, 2.05) is 0 Å². The van der Waals surface area contributed by atoms with E-state index >= 15 is 0 Å². The molecular formula is C14H19NO. The van der Waals surface area contributed by atoms with Crippen LogP contribution >= 0.6 is 0 Å². The number of aliphatic hydroxyl groups is 1. The summed E-state index contributed by atoms with van der Waals surface area (Å²) in [6.45, 7) is 0.823. The molecule has 0 amide bonds. The Kier molecular flexibility index (Phi) is 2.30. The molecule has 86 valence electrons. The highest BCUT2D eigenvalue weighted by molar-refractivity contribution is 5.36. The van der Waals surface area contributed by atoms with Gasteiger partial charge in [-0.1, -0.05) is 24.3 Å². The lowest BCUT2D eigenvalue weighted by molar-refractivity contribution is 0.211. The normalized spacial score (nSPS) is 32.8. The van der Waals surface area contributed by atoms with Crippen molar-refractivity contribution < 1.29 is 5.11 Å². The molecule has 0 aliphatic heterocycles. The van der Waals surface area contributed by atoms with E-state index in [0.717, 1.165) is 12.3 Å². The highest BCUT2D eigenvalue weighted by Crippen LogP contribution is 2.58. The van der Waals surface area contributed by atoms with Crippen molar-refractivity contribution in [1.82, 2.24) is 0 Å². The maximum absolute atomic E-state index is 9.40. The second-order valence-electron chi connectivity index (χ2n) is 5.43. The molecule has 0 aromatic heterocycles. The van der Waals surface area contributed by atoms with Crippen molar-refractivity contribution >= 4 is 0 Å². The quantitative estimate of drug-likeness (QED) is 0.810. The first-order valence-corrected chi connectivity index (χ1v) is 6.20. The number of benzene rings is 1. The maximum atomic E-state index is 9.40. The van der Waals surface area contributed by atoms with E-state index in [-0.39, 0.29) is 12.0 Å². The Labute approximate surface area is 96.5 Å². The van der Waals surface area contributed by atoms with Gasteiger partial charge in [-0.2, -0.15) is 0 Å². The van der Waals surface area contributed by atoms with Crippen molar-refractivity contribution in [1.29, 1.82) is 0 Å². The first-order chi connectivity index (χ1) is 7.79. The average molecular weight is 217 g/mol. The Hall–Kier alpha value is -0.860. The Morgan fingerprint density at radius 3 is 2.62 bits per heavy atom. The van der Waals surface area contributed by atoms with E-state index in [0.29, 0.717) is 12.5 Å². The number of nitrogens with two attached hydrogens (primary N) is 1. The van der Waals surface area contributed by atoms with Crippen molar-refractivity contribution in [3.8, 4) is 0 Å². The van der Waals surface area contributed by atoms with Gasteiger partial charge in [0, 0.05) is 12.0 Å². The van der Waals surface area contributed by atoms with Crippen LogP contribution in [0.2, 0.25) is 0 Å². The van der Waals surface area contributed by atoms with E-state index in [1.54, 1.807) is 0 Å². The molecule has 16 heavy (non-hydrogen) atoms. The van der Waals surface area contributed by atoms with Gasteiger partial charge in [0.15, 0.2) is 0 Å². The molecule has 2 aliphatic carbocycles. The van der Waals surface area contributed by atoms with E-state index < -0.39 is 0 Å². The number of hydrogen-bond acceptors (Lipinski definition) is 2. The van der Waals surface area contributed by atoms with Gasteiger partial charge in [0.05, 0.1) is 6.61 Å². The molecular weight excluding hydrogens is 198 g/mol. The SMILES string of the molecule is NCC1(CO)CC1c1cccc(C2CC2)c1. The van der Waals surface area contributed by atoms with Crippen LogP contribution in [-0.4, -0.2) is 18.3 Å². The Morgan fingerprint density at radius 1 is 1.31 bits per heavy atom. The Balaban J connectivity index is 1.82. The largest absolute Gasteiger partial charge is 0.396 e. The molecule has 0 bridgehead atoms. The standard InChI is InChI=1S/C14H19NO/c15-8-14(9-16)7-13(14)12-3-1-2-11(6-12)10-4-5-10/h1-3,6,10,13,16H,4-5,7-9,15H2. The lowest BCUT2D eigenvalue weighted by Crippen LogP contribution is -2.21. The minimum absolute atomic E-state index is 0.0117. The summed E-state index contributed by atoms with van der Waals surface area (Å²) in [6, 6.07) is 8.89. The van der Waals surface area contributed by atoms with Crippen LogP contribution in [0.15, 0.2) is 24.3 Å². The molecule has 2 aliphatic rings. The van der Waals surface area contributed by atoms with E-state index in [2.05, 4.69) is 24.3 Å². The molecule has 2 nitrogen and oxygen atoms in total. The zero-order valence-corrected chi connectivity index (χ0v) is 9.52.